The first-order valence-electron chi connectivity index (χ1n) is 23.3. The van der Waals surface area contributed by atoms with Gasteiger partial charge in [0.2, 0.25) is 0 Å². The van der Waals surface area contributed by atoms with Crippen molar-refractivity contribution in [3.63, 3.8) is 0 Å². The Morgan fingerprint density at radius 3 is 0.820 bits per heavy atom. The van der Waals surface area contributed by atoms with Gasteiger partial charge in [-0.05, 0) is 38.5 Å². The van der Waals surface area contributed by atoms with Gasteiger partial charge in [0.05, 0.1) is 12.2 Å². The Kier molecular flexibility index (Phi) is 41.1. The van der Waals surface area contributed by atoms with Crippen molar-refractivity contribution < 1.29 is 15.3 Å². The first kappa shape index (κ1) is 49.6. The van der Waals surface area contributed by atoms with Crippen molar-refractivity contribution in [2.75, 3.05) is 6.61 Å². The lowest BCUT2D eigenvalue weighted by atomic mass is 9.85. The smallest absolute Gasteiger partial charge is 0.106 e. The zero-order valence-electron chi connectivity index (χ0n) is 34.6. The summed E-state index contributed by atoms with van der Waals surface area (Å²) in [5, 5.41) is 30.8. The average molecular weight is 707 g/mol. The molecule has 3 heteroatoms. The van der Waals surface area contributed by atoms with Crippen LogP contribution < -0.4 is 0 Å². The van der Waals surface area contributed by atoms with Gasteiger partial charge in [0, 0.05) is 0 Å². The molecule has 0 aromatic heterocycles. The summed E-state index contributed by atoms with van der Waals surface area (Å²) in [7, 11) is 0. The monoisotopic (exact) mass is 707 g/mol. The fraction of sp³-hybridized carbons (Fsp3) is 0.957. The van der Waals surface area contributed by atoms with Crippen molar-refractivity contribution in [3.8, 4) is 0 Å². The molecule has 0 aromatic carbocycles. The van der Waals surface area contributed by atoms with E-state index in [1.165, 1.54) is 218 Å². The summed E-state index contributed by atoms with van der Waals surface area (Å²) in [6.45, 7) is 4.20. The molecule has 3 N–H and O–H groups in total. The van der Waals surface area contributed by atoms with Crippen LogP contribution in [0.3, 0.4) is 0 Å². The molecule has 0 saturated carbocycles. The van der Waals surface area contributed by atoms with Crippen LogP contribution in [0.4, 0.5) is 0 Å². The normalized spacial score (nSPS) is 13.8. The number of aliphatic hydroxyl groups excluding tert-OH is 2. The maximum absolute atomic E-state index is 11.0. The SMILES string of the molecule is CCCCCCCCCCCCCCCCCCCCCCCC/C=C\CCCCCCCCC(O)(CCCCCCCCCC)C(O)CO. The Balaban J connectivity index is 3.42. The summed E-state index contributed by atoms with van der Waals surface area (Å²) in [6.07, 6.45) is 56.2. The van der Waals surface area contributed by atoms with Crippen LogP contribution in [0.1, 0.15) is 271 Å². The highest BCUT2D eigenvalue weighted by molar-refractivity contribution is 4.86. The number of rotatable bonds is 43. The van der Waals surface area contributed by atoms with Gasteiger partial charge in [-0.3, -0.25) is 0 Å². The van der Waals surface area contributed by atoms with E-state index in [0.29, 0.717) is 12.8 Å². The third-order valence-electron chi connectivity index (χ3n) is 11.4. The largest absolute Gasteiger partial charge is 0.394 e. The van der Waals surface area contributed by atoms with Crippen LogP contribution >= 0.6 is 0 Å². The maximum Gasteiger partial charge on any atom is 0.106 e. The molecule has 0 amide bonds. The summed E-state index contributed by atoms with van der Waals surface area (Å²) in [5.41, 5.74) is -1.12. The van der Waals surface area contributed by atoms with Crippen LogP contribution in [0, 0.1) is 0 Å². The molecule has 300 valence electrons. The van der Waals surface area contributed by atoms with Crippen molar-refractivity contribution in [2.45, 2.75) is 282 Å². The lowest BCUT2D eigenvalue weighted by Crippen LogP contribution is -2.44. The molecule has 0 rings (SSSR count). The molecule has 0 heterocycles. The second-order valence-corrected chi connectivity index (χ2v) is 16.4. The number of hydrogen-bond acceptors (Lipinski definition) is 3. The summed E-state index contributed by atoms with van der Waals surface area (Å²) in [5.74, 6) is 0. The van der Waals surface area contributed by atoms with E-state index >= 15 is 0 Å². The van der Waals surface area contributed by atoms with E-state index in [-0.39, 0.29) is 6.61 Å². The Morgan fingerprint density at radius 2 is 0.580 bits per heavy atom. The van der Waals surface area contributed by atoms with Gasteiger partial charge in [0.1, 0.15) is 6.10 Å². The molecule has 0 radical (unpaired) electrons. The molecule has 0 aliphatic rings. The zero-order chi connectivity index (χ0) is 36.5. The molecule has 2 atom stereocenters. The predicted octanol–water partition coefficient (Wildman–Crippen LogP) is 15.3. The Morgan fingerprint density at radius 1 is 0.360 bits per heavy atom. The van der Waals surface area contributed by atoms with Gasteiger partial charge in [-0.15, -0.1) is 0 Å². The van der Waals surface area contributed by atoms with Gasteiger partial charge in [0.25, 0.3) is 0 Å². The van der Waals surface area contributed by atoms with Gasteiger partial charge in [-0.2, -0.15) is 0 Å². The highest BCUT2D eigenvalue weighted by Crippen LogP contribution is 2.27. The minimum Gasteiger partial charge on any atom is -0.394 e. The molecular formula is C47H94O3. The molecular weight excluding hydrogens is 613 g/mol. The summed E-state index contributed by atoms with van der Waals surface area (Å²) < 4.78 is 0. The second kappa shape index (κ2) is 41.4. The quantitative estimate of drug-likeness (QED) is 0.0437. The zero-order valence-corrected chi connectivity index (χ0v) is 34.6. The number of allylic oxidation sites excluding steroid dienone is 2. The summed E-state index contributed by atoms with van der Waals surface area (Å²) in [6, 6.07) is 0. The van der Waals surface area contributed by atoms with Crippen LogP contribution in [0.25, 0.3) is 0 Å². The molecule has 0 fully saturated rings. The van der Waals surface area contributed by atoms with Gasteiger partial charge >= 0.3 is 0 Å². The second-order valence-electron chi connectivity index (χ2n) is 16.4. The number of hydrogen-bond donors (Lipinski definition) is 3. The first-order chi connectivity index (χ1) is 24.6. The van der Waals surface area contributed by atoms with Crippen LogP contribution in [-0.2, 0) is 0 Å². The van der Waals surface area contributed by atoms with Crippen LogP contribution in [0.5, 0.6) is 0 Å². The molecule has 0 saturated heterocycles. The van der Waals surface area contributed by atoms with E-state index in [1.54, 1.807) is 0 Å². The van der Waals surface area contributed by atoms with Crippen molar-refractivity contribution in [1.29, 1.82) is 0 Å². The predicted molar refractivity (Wildman–Crippen MR) is 223 cm³/mol. The summed E-state index contributed by atoms with van der Waals surface area (Å²) in [4.78, 5) is 0. The van der Waals surface area contributed by atoms with E-state index in [2.05, 4.69) is 26.0 Å². The standard InChI is InChI=1S/C47H94O3/c1-3-5-7-9-11-13-14-15-16-17-18-19-20-21-22-23-24-25-26-27-28-29-30-31-32-33-34-35-36-38-40-42-44-47(50,46(49)45-48)43-41-39-37-12-10-8-6-4-2/h31-32,46,48-50H,3-30,33-45H2,1-2H3/b32-31-. The number of aliphatic hydroxyl groups is 3. The van der Waals surface area contributed by atoms with Crippen LogP contribution in [0.15, 0.2) is 12.2 Å². The van der Waals surface area contributed by atoms with Crippen molar-refractivity contribution in [2.24, 2.45) is 0 Å². The van der Waals surface area contributed by atoms with Crippen molar-refractivity contribution in [1.82, 2.24) is 0 Å². The topological polar surface area (TPSA) is 60.7 Å². The molecule has 2 unspecified atom stereocenters. The maximum atomic E-state index is 11.0. The third kappa shape index (κ3) is 36.0. The van der Waals surface area contributed by atoms with E-state index in [9.17, 15) is 15.3 Å². The molecule has 50 heavy (non-hydrogen) atoms. The van der Waals surface area contributed by atoms with Gasteiger partial charge in [0.15, 0.2) is 0 Å². The Labute approximate surface area is 315 Å². The fourth-order valence-corrected chi connectivity index (χ4v) is 7.70. The molecule has 0 aliphatic carbocycles. The average Bonchev–Trinajstić information content (AvgIpc) is 3.12. The van der Waals surface area contributed by atoms with E-state index in [0.717, 1.165) is 25.7 Å². The van der Waals surface area contributed by atoms with Gasteiger partial charge in [-0.25, -0.2) is 0 Å². The van der Waals surface area contributed by atoms with E-state index in [1.807, 2.05) is 0 Å². The highest BCUT2D eigenvalue weighted by atomic mass is 16.4. The lowest BCUT2D eigenvalue weighted by Gasteiger charge is -2.32. The Hall–Kier alpha value is -0.380. The molecule has 0 aromatic rings. The minimum absolute atomic E-state index is 0.347. The minimum atomic E-state index is -1.12. The number of unbranched alkanes of at least 4 members (excludes halogenated alkanes) is 35. The molecule has 3 nitrogen and oxygen atoms in total. The van der Waals surface area contributed by atoms with E-state index < -0.39 is 11.7 Å². The highest BCUT2D eigenvalue weighted by Gasteiger charge is 2.33. The summed E-state index contributed by atoms with van der Waals surface area (Å²) >= 11 is 0. The van der Waals surface area contributed by atoms with Crippen molar-refractivity contribution in [3.05, 3.63) is 12.2 Å². The molecule has 0 bridgehead atoms. The van der Waals surface area contributed by atoms with Crippen molar-refractivity contribution >= 4 is 0 Å². The lowest BCUT2D eigenvalue weighted by molar-refractivity contribution is -0.106. The van der Waals surface area contributed by atoms with Gasteiger partial charge in [-0.1, -0.05) is 244 Å². The van der Waals surface area contributed by atoms with Crippen LogP contribution in [0.2, 0.25) is 0 Å². The molecule has 0 aliphatic heterocycles. The first-order valence-corrected chi connectivity index (χ1v) is 23.3. The van der Waals surface area contributed by atoms with Gasteiger partial charge < -0.3 is 15.3 Å². The molecule has 0 spiro atoms. The fourth-order valence-electron chi connectivity index (χ4n) is 7.70. The van der Waals surface area contributed by atoms with Crippen LogP contribution in [-0.4, -0.2) is 33.6 Å². The third-order valence-corrected chi connectivity index (χ3v) is 11.4. The Bertz CT molecular complexity index is 648. The van der Waals surface area contributed by atoms with E-state index in [4.69, 9.17) is 0 Å².